The second-order valence-electron chi connectivity index (χ2n) is 5.99. The highest BCUT2D eigenvalue weighted by Crippen LogP contribution is 2.27. The standard InChI is InChI=1S/C21H19N3O2/c1-14-6-8-20(25)18(10-14)22-12-16-4-3-5-17(24-16)13-23-19-11-15(2)7-9-21(19)26/h3-13,25-26H,1-2H3. The summed E-state index contributed by atoms with van der Waals surface area (Å²) in [5, 5.41) is 19.7. The van der Waals surface area contributed by atoms with Gasteiger partial charge in [-0.05, 0) is 61.4 Å². The number of aromatic hydroxyl groups is 2. The van der Waals surface area contributed by atoms with Crippen molar-refractivity contribution >= 4 is 23.8 Å². The predicted molar refractivity (Wildman–Crippen MR) is 104 cm³/mol. The Morgan fingerprint density at radius 2 is 1.19 bits per heavy atom. The summed E-state index contributed by atoms with van der Waals surface area (Å²) >= 11 is 0. The number of aliphatic imine (C=N–C) groups is 2. The van der Waals surface area contributed by atoms with Crippen LogP contribution in [0.3, 0.4) is 0 Å². The number of pyridine rings is 1. The maximum absolute atomic E-state index is 9.85. The van der Waals surface area contributed by atoms with Crippen molar-refractivity contribution in [2.24, 2.45) is 9.98 Å². The van der Waals surface area contributed by atoms with Crippen LogP contribution in [0, 0.1) is 13.8 Å². The average Bonchev–Trinajstić information content (AvgIpc) is 2.63. The summed E-state index contributed by atoms with van der Waals surface area (Å²) in [6, 6.07) is 16.0. The van der Waals surface area contributed by atoms with Gasteiger partial charge in [-0.3, -0.25) is 9.98 Å². The Bertz CT molecular complexity index is 918. The van der Waals surface area contributed by atoms with Gasteiger partial charge in [0.15, 0.2) is 0 Å². The molecule has 0 aliphatic rings. The van der Waals surface area contributed by atoms with Crippen molar-refractivity contribution < 1.29 is 10.2 Å². The van der Waals surface area contributed by atoms with Crippen LogP contribution in [-0.2, 0) is 0 Å². The Hall–Kier alpha value is -3.47. The second-order valence-corrected chi connectivity index (χ2v) is 5.99. The molecule has 3 aromatic rings. The van der Waals surface area contributed by atoms with Gasteiger partial charge in [-0.2, -0.15) is 0 Å². The number of phenolic OH excluding ortho intramolecular Hbond substituents is 2. The highest BCUT2D eigenvalue weighted by molar-refractivity contribution is 5.84. The molecular weight excluding hydrogens is 326 g/mol. The summed E-state index contributed by atoms with van der Waals surface area (Å²) in [7, 11) is 0. The molecule has 2 aromatic carbocycles. The molecule has 3 rings (SSSR count). The van der Waals surface area contributed by atoms with Crippen LogP contribution >= 0.6 is 0 Å². The van der Waals surface area contributed by atoms with Crippen molar-refractivity contribution in [1.29, 1.82) is 0 Å². The maximum Gasteiger partial charge on any atom is 0.141 e. The number of aryl methyl sites for hydroxylation is 2. The highest BCUT2D eigenvalue weighted by Gasteiger charge is 2.01. The van der Waals surface area contributed by atoms with Gasteiger partial charge in [0.1, 0.15) is 22.9 Å². The molecule has 0 atom stereocenters. The Labute approximate surface area is 152 Å². The molecule has 1 aromatic heterocycles. The smallest absolute Gasteiger partial charge is 0.141 e. The van der Waals surface area contributed by atoms with E-state index in [1.54, 1.807) is 36.7 Å². The van der Waals surface area contributed by atoms with Crippen LogP contribution in [0.4, 0.5) is 11.4 Å². The topological polar surface area (TPSA) is 78.1 Å². The molecule has 0 saturated carbocycles. The van der Waals surface area contributed by atoms with Crippen molar-refractivity contribution in [2.75, 3.05) is 0 Å². The molecule has 5 heteroatoms. The molecule has 0 bridgehead atoms. The first-order valence-corrected chi connectivity index (χ1v) is 8.16. The predicted octanol–water partition coefficient (Wildman–Crippen LogP) is 4.61. The zero-order valence-corrected chi connectivity index (χ0v) is 14.6. The normalized spacial score (nSPS) is 11.5. The fourth-order valence-corrected chi connectivity index (χ4v) is 2.36. The molecule has 0 spiro atoms. The lowest BCUT2D eigenvalue weighted by Gasteiger charge is -2.01. The highest BCUT2D eigenvalue weighted by atomic mass is 16.3. The Morgan fingerprint density at radius 1 is 0.731 bits per heavy atom. The molecule has 5 nitrogen and oxygen atoms in total. The molecule has 1 heterocycles. The Balaban J connectivity index is 1.82. The van der Waals surface area contributed by atoms with Crippen LogP contribution in [0.2, 0.25) is 0 Å². The van der Waals surface area contributed by atoms with E-state index in [-0.39, 0.29) is 11.5 Å². The van der Waals surface area contributed by atoms with Gasteiger partial charge in [-0.15, -0.1) is 0 Å². The van der Waals surface area contributed by atoms with E-state index in [9.17, 15) is 10.2 Å². The fourth-order valence-electron chi connectivity index (χ4n) is 2.36. The SMILES string of the molecule is Cc1ccc(O)c(N=Cc2cccc(C=Nc3cc(C)ccc3O)n2)c1. The third kappa shape index (κ3) is 4.33. The molecule has 0 amide bonds. The van der Waals surface area contributed by atoms with Crippen LogP contribution in [0.25, 0.3) is 0 Å². The van der Waals surface area contributed by atoms with Gasteiger partial charge in [0, 0.05) is 0 Å². The van der Waals surface area contributed by atoms with Gasteiger partial charge in [-0.1, -0.05) is 18.2 Å². The molecule has 26 heavy (non-hydrogen) atoms. The Kier molecular flexibility index (Phi) is 5.08. The maximum atomic E-state index is 9.85. The molecule has 0 saturated heterocycles. The van der Waals surface area contributed by atoms with Crippen molar-refractivity contribution in [1.82, 2.24) is 4.98 Å². The number of phenols is 2. The zero-order valence-electron chi connectivity index (χ0n) is 14.6. The van der Waals surface area contributed by atoms with Gasteiger partial charge in [0.05, 0.1) is 23.8 Å². The van der Waals surface area contributed by atoms with Crippen molar-refractivity contribution in [3.63, 3.8) is 0 Å². The molecule has 0 unspecified atom stereocenters. The number of hydrogen-bond donors (Lipinski definition) is 2. The van der Waals surface area contributed by atoms with E-state index in [2.05, 4.69) is 15.0 Å². The summed E-state index contributed by atoms with van der Waals surface area (Å²) in [5.74, 6) is 0.249. The van der Waals surface area contributed by atoms with Crippen LogP contribution in [0.15, 0.2) is 64.6 Å². The van der Waals surface area contributed by atoms with Gasteiger partial charge in [0.2, 0.25) is 0 Å². The minimum Gasteiger partial charge on any atom is -0.506 e. The number of benzene rings is 2. The first-order valence-electron chi connectivity index (χ1n) is 8.16. The van der Waals surface area contributed by atoms with E-state index in [4.69, 9.17) is 0 Å². The second kappa shape index (κ2) is 7.61. The summed E-state index contributed by atoms with van der Waals surface area (Å²) in [4.78, 5) is 13.0. The number of aromatic nitrogens is 1. The molecule has 130 valence electrons. The number of nitrogens with zero attached hydrogens (tertiary/aromatic N) is 3. The van der Waals surface area contributed by atoms with Crippen LogP contribution in [-0.4, -0.2) is 27.6 Å². The Morgan fingerprint density at radius 3 is 1.65 bits per heavy atom. The lowest BCUT2D eigenvalue weighted by Crippen LogP contribution is -1.93. The van der Waals surface area contributed by atoms with E-state index in [1.165, 1.54) is 0 Å². The molecule has 0 fully saturated rings. The molecule has 0 aliphatic carbocycles. The molecule has 2 N–H and O–H groups in total. The van der Waals surface area contributed by atoms with E-state index in [1.807, 2.05) is 44.2 Å². The monoisotopic (exact) mass is 345 g/mol. The number of hydrogen-bond acceptors (Lipinski definition) is 5. The lowest BCUT2D eigenvalue weighted by molar-refractivity contribution is 0.476. The van der Waals surface area contributed by atoms with Crippen molar-refractivity contribution in [3.05, 3.63) is 77.1 Å². The van der Waals surface area contributed by atoms with E-state index < -0.39 is 0 Å². The molecule has 0 radical (unpaired) electrons. The third-order valence-electron chi connectivity index (χ3n) is 3.73. The summed E-state index contributed by atoms with van der Waals surface area (Å²) < 4.78 is 0. The zero-order chi connectivity index (χ0) is 18.5. The van der Waals surface area contributed by atoms with Crippen LogP contribution < -0.4 is 0 Å². The lowest BCUT2D eigenvalue weighted by atomic mass is 10.2. The number of rotatable bonds is 4. The first-order chi connectivity index (χ1) is 12.5. The first kappa shape index (κ1) is 17.4. The summed E-state index contributed by atoms with van der Waals surface area (Å²) in [6.45, 7) is 3.88. The van der Waals surface area contributed by atoms with Gasteiger partial charge >= 0.3 is 0 Å². The van der Waals surface area contributed by atoms with Crippen LogP contribution in [0.1, 0.15) is 22.5 Å². The molecule has 0 aliphatic heterocycles. The minimum atomic E-state index is 0.125. The fraction of sp³-hybridized carbons (Fsp3) is 0.0952. The van der Waals surface area contributed by atoms with E-state index in [0.29, 0.717) is 22.8 Å². The minimum absolute atomic E-state index is 0.125. The van der Waals surface area contributed by atoms with Gasteiger partial charge in [-0.25, -0.2) is 4.98 Å². The van der Waals surface area contributed by atoms with E-state index in [0.717, 1.165) is 11.1 Å². The summed E-state index contributed by atoms with van der Waals surface area (Å²) in [6.07, 6.45) is 3.19. The van der Waals surface area contributed by atoms with Gasteiger partial charge in [0.25, 0.3) is 0 Å². The van der Waals surface area contributed by atoms with E-state index >= 15 is 0 Å². The van der Waals surface area contributed by atoms with Crippen molar-refractivity contribution in [3.8, 4) is 11.5 Å². The molecular formula is C21H19N3O2. The average molecular weight is 345 g/mol. The third-order valence-corrected chi connectivity index (χ3v) is 3.73. The van der Waals surface area contributed by atoms with Crippen LogP contribution in [0.5, 0.6) is 11.5 Å². The van der Waals surface area contributed by atoms with Gasteiger partial charge < -0.3 is 10.2 Å². The largest absolute Gasteiger partial charge is 0.506 e. The summed E-state index contributed by atoms with van der Waals surface area (Å²) in [5.41, 5.74) is 4.31. The quantitative estimate of drug-likeness (QED) is 0.678. The van der Waals surface area contributed by atoms with Crippen molar-refractivity contribution in [2.45, 2.75) is 13.8 Å².